The minimum absolute atomic E-state index is 0.0721. The van der Waals surface area contributed by atoms with Gasteiger partial charge in [-0.3, -0.25) is 4.79 Å². The number of allylic oxidation sites excluding steroid dienone is 1. The van der Waals surface area contributed by atoms with E-state index in [9.17, 15) is 9.59 Å². The molecule has 2 amide bonds. The van der Waals surface area contributed by atoms with Gasteiger partial charge in [0.25, 0.3) is 14.2 Å². The van der Waals surface area contributed by atoms with Crippen molar-refractivity contribution in [2.45, 2.75) is 39.2 Å². The fourth-order valence-corrected chi connectivity index (χ4v) is 8.87. The molecule has 1 aliphatic rings. The van der Waals surface area contributed by atoms with Crippen LogP contribution in [0, 0.1) is 5.92 Å². The van der Waals surface area contributed by atoms with Gasteiger partial charge in [-0.1, -0.05) is 94.4 Å². The predicted molar refractivity (Wildman–Crippen MR) is 130 cm³/mol. The molecule has 1 fully saturated rings. The van der Waals surface area contributed by atoms with Crippen LogP contribution in [0.1, 0.15) is 34.1 Å². The Hall–Kier alpha value is -2.70. The Morgan fingerprint density at radius 2 is 1.66 bits per heavy atom. The van der Waals surface area contributed by atoms with E-state index in [0.717, 1.165) is 4.90 Å². The number of nitrogens with zero attached hydrogens (tertiary/aromatic N) is 1. The molecular formula is C26H33NO4Si. The molecule has 0 radical (unpaired) electrons. The maximum Gasteiger partial charge on any atom is 0.416 e. The van der Waals surface area contributed by atoms with Crippen LogP contribution in [-0.4, -0.2) is 45.0 Å². The van der Waals surface area contributed by atoms with Gasteiger partial charge in [0.2, 0.25) is 0 Å². The summed E-state index contributed by atoms with van der Waals surface area (Å²) in [5, 5.41) is 2.44. The number of carbonyl (C=O) groups is 2. The van der Waals surface area contributed by atoms with E-state index in [2.05, 4.69) is 76.2 Å². The van der Waals surface area contributed by atoms with Gasteiger partial charge in [-0.05, 0) is 33.8 Å². The van der Waals surface area contributed by atoms with Crippen LogP contribution in [0.3, 0.4) is 0 Å². The largest absolute Gasteiger partial charge is 0.447 e. The highest BCUT2D eigenvalue weighted by molar-refractivity contribution is 6.99. The van der Waals surface area contributed by atoms with Crippen molar-refractivity contribution >= 4 is 30.7 Å². The van der Waals surface area contributed by atoms with Crippen molar-refractivity contribution in [2.24, 2.45) is 5.92 Å². The van der Waals surface area contributed by atoms with Gasteiger partial charge in [0.15, 0.2) is 0 Å². The zero-order valence-corrected chi connectivity index (χ0v) is 20.4. The van der Waals surface area contributed by atoms with Crippen LogP contribution < -0.4 is 10.4 Å². The first kappa shape index (κ1) is 23.9. The smallest absolute Gasteiger partial charge is 0.416 e. The molecule has 0 bridgehead atoms. The summed E-state index contributed by atoms with van der Waals surface area (Å²) in [7, 11) is -2.56. The third kappa shape index (κ3) is 5.19. The molecule has 5 nitrogen and oxygen atoms in total. The van der Waals surface area contributed by atoms with Crippen LogP contribution in [-0.2, 0) is 14.0 Å². The molecule has 170 valence electrons. The number of carbonyl (C=O) groups excluding carboxylic acids is 2. The van der Waals surface area contributed by atoms with Crippen molar-refractivity contribution in [1.82, 2.24) is 4.90 Å². The summed E-state index contributed by atoms with van der Waals surface area (Å²) in [4.78, 5) is 24.8. The number of hydrogen-bond donors (Lipinski definition) is 0. The van der Waals surface area contributed by atoms with Crippen LogP contribution in [0.15, 0.2) is 72.8 Å². The van der Waals surface area contributed by atoms with E-state index in [0.29, 0.717) is 19.6 Å². The zero-order chi connectivity index (χ0) is 23.2. The fourth-order valence-electron chi connectivity index (χ4n) is 4.18. The Kier molecular flexibility index (Phi) is 7.69. The van der Waals surface area contributed by atoms with Gasteiger partial charge in [-0.15, -0.1) is 0 Å². The van der Waals surface area contributed by atoms with Crippen molar-refractivity contribution < 1.29 is 18.8 Å². The second-order valence-corrected chi connectivity index (χ2v) is 13.6. The first-order chi connectivity index (χ1) is 15.3. The molecular weight excluding hydrogens is 418 g/mol. The molecule has 0 spiro atoms. The summed E-state index contributed by atoms with van der Waals surface area (Å²) in [5.41, 5.74) is 0. The molecule has 0 unspecified atom stereocenters. The molecule has 1 aliphatic heterocycles. The molecule has 1 atom stereocenters. The second-order valence-electron chi connectivity index (χ2n) is 9.32. The third-order valence-electron chi connectivity index (χ3n) is 5.83. The van der Waals surface area contributed by atoms with Crippen molar-refractivity contribution in [2.75, 3.05) is 19.8 Å². The summed E-state index contributed by atoms with van der Waals surface area (Å²) in [5.74, 6) is -0.112. The quantitative estimate of drug-likeness (QED) is 0.447. The molecule has 0 saturated carbocycles. The molecule has 0 aromatic heterocycles. The van der Waals surface area contributed by atoms with Gasteiger partial charge in [0.05, 0.1) is 6.54 Å². The Morgan fingerprint density at radius 1 is 1.09 bits per heavy atom. The first-order valence-corrected chi connectivity index (χ1v) is 13.1. The van der Waals surface area contributed by atoms with Crippen molar-refractivity contribution in [3.63, 3.8) is 0 Å². The van der Waals surface area contributed by atoms with Gasteiger partial charge >= 0.3 is 6.09 Å². The lowest BCUT2D eigenvalue weighted by atomic mass is 10.1. The standard InChI is InChI=1S/C26H33NO4Si/c1-21(12-11-17-24(28)27-18-19-30-25(27)29)20-31-32(26(2,3)4,22-13-7-5-8-14-22)23-15-9-6-10-16-23/h5-11,13-17,21H,12,18-20H2,1-4H3/b17-11+/t21-/m1/s1. The summed E-state index contributed by atoms with van der Waals surface area (Å²) in [6, 6.07) is 21.1. The molecule has 2 aromatic rings. The summed E-state index contributed by atoms with van der Waals surface area (Å²) >= 11 is 0. The number of hydrogen-bond acceptors (Lipinski definition) is 4. The second kappa shape index (κ2) is 10.3. The van der Waals surface area contributed by atoms with E-state index in [1.54, 1.807) is 0 Å². The van der Waals surface area contributed by atoms with Crippen LogP contribution in [0.5, 0.6) is 0 Å². The predicted octanol–water partition coefficient (Wildman–Crippen LogP) is 4.12. The molecule has 0 aliphatic carbocycles. The maximum atomic E-state index is 12.2. The minimum Gasteiger partial charge on any atom is -0.447 e. The van der Waals surface area contributed by atoms with Gasteiger partial charge in [0, 0.05) is 6.61 Å². The molecule has 2 aromatic carbocycles. The topological polar surface area (TPSA) is 55.8 Å². The molecule has 3 rings (SSSR count). The molecule has 0 N–H and O–H groups in total. The molecule has 6 heteroatoms. The highest BCUT2D eigenvalue weighted by atomic mass is 28.4. The van der Waals surface area contributed by atoms with E-state index in [1.165, 1.54) is 16.4 Å². The number of rotatable bonds is 8. The monoisotopic (exact) mass is 451 g/mol. The number of ether oxygens (including phenoxy) is 1. The van der Waals surface area contributed by atoms with Gasteiger partial charge in [0.1, 0.15) is 6.61 Å². The zero-order valence-electron chi connectivity index (χ0n) is 19.4. The number of cyclic esters (lactones) is 1. The first-order valence-electron chi connectivity index (χ1n) is 11.2. The molecule has 1 saturated heterocycles. The Labute approximate surface area is 192 Å². The lowest BCUT2D eigenvalue weighted by molar-refractivity contribution is -0.122. The number of benzene rings is 2. The Balaban J connectivity index is 1.76. The van der Waals surface area contributed by atoms with Crippen molar-refractivity contribution in [3.8, 4) is 0 Å². The highest BCUT2D eigenvalue weighted by Gasteiger charge is 2.50. The summed E-state index contributed by atoms with van der Waals surface area (Å²) in [6.07, 6.45) is 3.41. The Morgan fingerprint density at radius 3 is 2.12 bits per heavy atom. The van der Waals surface area contributed by atoms with Crippen LogP contribution in [0.25, 0.3) is 0 Å². The van der Waals surface area contributed by atoms with E-state index < -0.39 is 14.4 Å². The average molecular weight is 452 g/mol. The maximum absolute atomic E-state index is 12.2. The van der Waals surface area contributed by atoms with E-state index in [-0.39, 0.29) is 23.5 Å². The lowest BCUT2D eigenvalue weighted by Gasteiger charge is -2.43. The third-order valence-corrected chi connectivity index (χ3v) is 10.8. The van der Waals surface area contributed by atoms with E-state index >= 15 is 0 Å². The van der Waals surface area contributed by atoms with Crippen LogP contribution >= 0.6 is 0 Å². The van der Waals surface area contributed by atoms with Crippen LogP contribution in [0.2, 0.25) is 5.04 Å². The fraction of sp³-hybridized carbons (Fsp3) is 0.385. The van der Waals surface area contributed by atoms with Crippen LogP contribution in [0.4, 0.5) is 4.79 Å². The van der Waals surface area contributed by atoms with E-state index in [4.69, 9.17) is 9.16 Å². The summed E-state index contributed by atoms with van der Waals surface area (Å²) in [6.45, 7) is 10.1. The van der Waals surface area contributed by atoms with Crippen molar-refractivity contribution in [3.05, 3.63) is 72.8 Å². The Bertz CT molecular complexity index is 898. The lowest BCUT2D eigenvalue weighted by Crippen LogP contribution is -2.66. The minimum atomic E-state index is -2.56. The average Bonchev–Trinajstić information content (AvgIpc) is 3.20. The van der Waals surface area contributed by atoms with Gasteiger partial charge < -0.3 is 9.16 Å². The summed E-state index contributed by atoms with van der Waals surface area (Å²) < 4.78 is 11.8. The van der Waals surface area contributed by atoms with E-state index in [1.807, 2.05) is 18.2 Å². The molecule has 1 heterocycles. The highest BCUT2D eigenvalue weighted by Crippen LogP contribution is 2.37. The molecule has 32 heavy (non-hydrogen) atoms. The normalized spacial score (nSPS) is 15.8. The SMILES string of the molecule is C[C@H](C/C=C/C(=O)N1CCOC1=O)CO[Si](c1ccccc1)(c1ccccc1)C(C)(C)C. The van der Waals surface area contributed by atoms with Gasteiger partial charge in [-0.2, -0.15) is 0 Å². The number of amides is 2. The number of imide groups is 1. The van der Waals surface area contributed by atoms with Gasteiger partial charge in [-0.25, -0.2) is 9.69 Å². The van der Waals surface area contributed by atoms with Crippen molar-refractivity contribution in [1.29, 1.82) is 0 Å².